The molecule has 0 fully saturated rings. The van der Waals surface area contributed by atoms with Crippen molar-refractivity contribution in [1.82, 2.24) is 16.0 Å². The number of nitrogens with two attached hydrogens (primary N) is 1. The summed E-state index contributed by atoms with van der Waals surface area (Å²) in [4.78, 5) is 34.1. The predicted molar refractivity (Wildman–Crippen MR) is 101 cm³/mol. The lowest BCUT2D eigenvalue weighted by Gasteiger charge is -2.12. The van der Waals surface area contributed by atoms with Crippen LogP contribution in [0.1, 0.15) is 40.5 Å². The molecule has 1 rings (SSSR count). The van der Waals surface area contributed by atoms with Crippen molar-refractivity contribution < 1.29 is 23.9 Å². The van der Waals surface area contributed by atoms with Crippen LogP contribution < -0.4 is 26.4 Å². The summed E-state index contributed by atoms with van der Waals surface area (Å²) in [5.41, 5.74) is 5.95. The highest BCUT2D eigenvalue weighted by Gasteiger charge is 2.13. The zero-order valence-electron chi connectivity index (χ0n) is 15.6. The van der Waals surface area contributed by atoms with Gasteiger partial charge in [-0.25, -0.2) is 0 Å². The van der Waals surface area contributed by atoms with Crippen LogP contribution in [0, 0.1) is 0 Å². The van der Waals surface area contributed by atoms with Gasteiger partial charge in [-0.2, -0.15) is 0 Å². The smallest absolute Gasteiger partial charge is 0.305 e. The van der Waals surface area contributed by atoms with E-state index in [0.29, 0.717) is 18.4 Å². The number of amides is 1. The molecule has 150 valence electrons. The minimum absolute atomic E-state index is 0.192. The molecule has 5 N–H and O–H groups in total. The third kappa shape index (κ3) is 9.69. The molecule has 1 amide bonds. The van der Waals surface area contributed by atoms with Crippen LogP contribution >= 0.6 is 0 Å². The van der Waals surface area contributed by atoms with E-state index >= 15 is 0 Å². The van der Waals surface area contributed by atoms with Crippen LogP contribution in [0.15, 0.2) is 18.2 Å². The summed E-state index contributed by atoms with van der Waals surface area (Å²) in [7, 11) is 0. The minimum Gasteiger partial charge on any atom is -0.457 e. The lowest BCUT2D eigenvalue weighted by atomic mass is 10.1. The van der Waals surface area contributed by atoms with Crippen LogP contribution in [-0.4, -0.2) is 57.8 Å². The highest BCUT2D eigenvalue weighted by atomic mass is 16.7. The van der Waals surface area contributed by atoms with E-state index in [1.165, 1.54) is 25.1 Å². The van der Waals surface area contributed by atoms with Crippen LogP contribution in [0.2, 0.25) is 0 Å². The summed E-state index contributed by atoms with van der Waals surface area (Å²) in [5, 5.41) is 9.08. The van der Waals surface area contributed by atoms with Gasteiger partial charge in [-0.1, -0.05) is 0 Å². The predicted octanol–water partition coefficient (Wildman–Crippen LogP) is 0.00390. The van der Waals surface area contributed by atoms with Crippen molar-refractivity contribution in [1.29, 1.82) is 0 Å². The number of nitrogens with one attached hydrogen (secondary N) is 3. The molecule has 0 saturated carbocycles. The van der Waals surface area contributed by atoms with Gasteiger partial charge in [-0.15, -0.1) is 0 Å². The molecule has 0 aliphatic rings. The fraction of sp³-hybridized carbons (Fsp3) is 0.500. The van der Waals surface area contributed by atoms with Gasteiger partial charge in [0.1, 0.15) is 12.0 Å². The molecule has 0 bridgehead atoms. The molecule has 0 radical (unpaired) electrons. The molecule has 0 aliphatic carbocycles. The Kier molecular flexibility index (Phi) is 11.4. The summed E-state index contributed by atoms with van der Waals surface area (Å²) < 4.78 is 10.0. The van der Waals surface area contributed by atoms with Crippen molar-refractivity contribution in [2.75, 3.05) is 39.6 Å². The molecular formula is C18H28N4O5. The molecule has 0 spiro atoms. The van der Waals surface area contributed by atoms with E-state index in [1.807, 2.05) is 0 Å². The van der Waals surface area contributed by atoms with E-state index in [-0.39, 0.29) is 24.8 Å². The number of rotatable bonds is 14. The van der Waals surface area contributed by atoms with Crippen molar-refractivity contribution in [2.45, 2.75) is 19.8 Å². The molecule has 0 unspecified atom stereocenters. The Balaban J connectivity index is 2.43. The largest absolute Gasteiger partial charge is 0.457 e. The molecule has 9 heteroatoms. The zero-order chi connectivity index (χ0) is 19.9. The average molecular weight is 380 g/mol. The van der Waals surface area contributed by atoms with Gasteiger partial charge >= 0.3 is 5.97 Å². The highest BCUT2D eigenvalue weighted by molar-refractivity contribution is 5.98. The second kappa shape index (κ2) is 13.7. The zero-order valence-corrected chi connectivity index (χ0v) is 15.6. The molecule has 0 aliphatic heterocycles. The van der Waals surface area contributed by atoms with E-state index in [1.54, 1.807) is 0 Å². The van der Waals surface area contributed by atoms with Crippen molar-refractivity contribution in [2.24, 2.45) is 5.73 Å². The van der Waals surface area contributed by atoms with Gasteiger partial charge < -0.3 is 25.8 Å². The van der Waals surface area contributed by atoms with E-state index in [2.05, 4.69) is 16.0 Å². The monoisotopic (exact) mass is 380 g/mol. The Labute approximate surface area is 159 Å². The maximum absolute atomic E-state index is 12.4. The molecule has 1 aromatic rings. The first-order chi connectivity index (χ1) is 13.1. The minimum atomic E-state index is -0.493. The van der Waals surface area contributed by atoms with Gasteiger partial charge in [0.25, 0.3) is 5.91 Å². The van der Waals surface area contributed by atoms with E-state index < -0.39 is 11.9 Å². The van der Waals surface area contributed by atoms with Crippen LogP contribution in [-0.2, 0) is 9.53 Å². The van der Waals surface area contributed by atoms with Crippen LogP contribution in [0.4, 0.5) is 0 Å². The first-order valence-corrected chi connectivity index (χ1v) is 8.83. The number of hydrogen-bond acceptors (Lipinski definition) is 8. The Hall–Kier alpha value is -2.49. The SMILES string of the molecule is CC(=O)OCOc1ccc(C=O)cc1C(=O)NCNCCCNCCCN. The molecule has 0 atom stereocenters. The van der Waals surface area contributed by atoms with Gasteiger partial charge in [-0.3, -0.25) is 19.7 Å². The molecule has 9 nitrogen and oxygen atoms in total. The van der Waals surface area contributed by atoms with Gasteiger partial charge in [0.05, 0.1) is 12.2 Å². The normalized spacial score (nSPS) is 10.3. The van der Waals surface area contributed by atoms with Gasteiger partial charge in [0, 0.05) is 12.5 Å². The lowest BCUT2D eigenvalue weighted by Crippen LogP contribution is -2.35. The number of ether oxygens (including phenoxy) is 2. The van der Waals surface area contributed by atoms with Crippen molar-refractivity contribution in [3.8, 4) is 5.75 Å². The highest BCUT2D eigenvalue weighted by Crippen LogP contribution is 2.19. The second-order valence-corrected chi connectivity index (χ2v) is 5.70. The van der Waals surface area contributed by atoms with Gasteiger partial charge in [-0.05, 0) is 57.2 Å². The first-order valence-electron chi connectivity index (χ1n) is 8.83. The fourth-order valence-corrected chi connectivity index (χ4v) is 2.12. The standard InChI is InChI=1S/C18H28N4O5/c1-14(24)26-13-27-17-5-4-15(11-23)10-16(17)18(25)22-12-21-9-3-8-20-7-2-6-19/h4-5,10-11,20-21H,2-3,6-9,12-13,19H2,1H3,(H,22,25). The van der Waals surface area contributed by atoms with Crippen molar-refractivity contribution in [3.05, 3.63) is 29.3 Å². The van der Waals surface area contributed by atoms with Gasteiger partial charge in [0.15, 0.2) is 0 Å². The van der Waals surface area contributed by atoms with Gasteiger partial charge in [0.2, 0.25) is 6.79 Å². The number of carbonyl (C=O) groups excluding carboxylic acids is 3. The molecule has 1 aromatic carbocycles. The maximum Gasteiger partial charge on any atom is 0.305 e. The van der Waals surface area contributed by atoms with E-state index in [0.717, 1.165) is 32.5 Å². The third-order valence-electron chi connectivity index (χ3n) is 3.50. The quantitative estimate of drug-likeness (QED) is 0.154. The Morgan fingerprint density at radius 2 is 1.89 bits per heavy atom. The first kappa shape index (κ1) is 22.6. The Morgan fingerprint density at radius 1 is 1.15 bits per heavy atom. The molecule has 0 saturated heterocycles. The molecule has 27 heavy (non-hydrogen) atoms. The number of aldehydes is 1. The second-order valence-electron chi connectivity index (χ2n) is 5.70. The van der Waals surface area contributed by atoms with E-state index in [4.69, 9.17) is 15.2 Å². The van der Waals surface area contributed by atoms with Crippen molar-refractivity contribution >= 4 is 18.2 Å². The molecular weight excluding hydrogens is 352 g/mol. The molecule has 0 aromatic heterocycles. The lowest BCUT2D eigenvalue weighted by molar-refractivity contribution is -0.147. The fourth-order valence-electron chi connectivity index (χ4n) is 2.12. The summed E-state index contributed by atoms with van der Waals surface area (Å²) >= 11 is 0. The Bertz CT molecular complexity index is 609. The topological polar surface area (TPSA) is 132 Å². The number of benzene rings is 1. The summed E-state index contributed by atoms with van der Waals surface area (Å²) in [5.74, 6) is -0.666. The van der Waals surface area contributed by atoms with Crippen LogP contribution in [0.25, 0.3) is 0 Å². The summed E-state index contributed by atoms with van der Waals surface area (Å²) in [6.45, 7) is 4.40. The van der Waals surface area contributed by atoms with E-state index in [9.17, 15) is 14.4 Å². The maximum atomic E-state index is 12.4. The Morgan fingerprint density at radius 3 is 2.59 bits per heavy atom. The number of hydrogen-bond donors (Lipinski definition) is 4. The summed E-state index contributed by atoms with van der Waals surface area (Å²) in [6, 6.07) is 4.43. The van der Waals surface area contributed by atoms with Crippen LogP contribution in [0.3, 0.4) is 0 Å². The number of esters is 1. The third-order valence-corrected chi connectivity index (χ3v) is 3.50. The van der Waals surface area contributed by atoms with Crippen LogP contribution in [0.5, 0.6) is 5.75 Å². The average Bonchev–Trinajstić information content (AvgIpc) is 2.66. The van der Waals surface area contributed by atoms with Crippen molar-refractivity contribution in [3.63, 3.8) is 0 Å². The number of carbonyl (C=O) groups is 3. The molecule has 0 heterocycles. The summed E-state index contributed by atoms with van der Waals surface area (Å²) in [6.07, 6.45) is 2.51.